The van der Waals surface area contributed by atoms with E-state index in [2.05, 4.69) is 64.2 Å². The molecule has 0 saturated carbocycles. The van der Waals surface area contributed by atoms with E-state index in [-0.39, 0.29) is 0 Å². The number of hydrogen-bond acceptors (Lipinski definition) is 2. The number of para-hydroxylation sites is 1. The minimum Gasteiger partial charge on any atom is -0.496 e. The van der Waals surface area contributed by atoms with Crippen molar-refractivity contribution in [2.24, 2.45) is 5.92 Å². The van der Waals surface area contributed by atoms with E-state index in [0.29, 0.717) is 5.92 Å². The Morgan fingerprint density at radius 3 is 2.81 bits per heavy atom. The van der Waals surface area contributed by atoms with Crippen LogP contribution >= 0.6 is 15.9 Å². The van der Waals surface area contributed by atoms with Gasteiger partial charge in [-0.05, 0) is 57.6 Å². The number of rotatable bonds is 3. The molecule has 0 aliphatic carbocycles. The molecule has 0 N–H and O–H groups in total. The number of nitrogens with zero attached hydrogens (tertiary/aromatic N) is 1. The van der Waals surface area contributed by atoms with Gasteiger partial charge in [0.05, 0.1) is 11.6 Å². The highest BCUT2D eigenvalue weighted by Crippen LogP contribution is 2.32. The fraction of sp³-hybridized carbons (Fsp3) is 0.333. The molecule has 0 aromatic heterocycles. The molecule has 2 aromatic carbocycles. The minimum atomic E-state index is 0.696. The quantitative estimate of drug-likeness (QED) is 0.802. The van der Waals surface area contributed by atoms with Gasteiger partial charge in [0, 0.05) is 18.8 Å². The van der Waals surface area contributed by atoms with Crippen LogP contribution in [0.2, 0.25) is 0 Å². The summed E-state index contributed by atoms with van der Waals surface area (Å²) in [7, 11) is 1.70. The van der Waals surface area contributed by atoms with E-state index in [4.69, 9.17) is 4.74 Å². The Balaban J connectivity index is 1.86. The molecule has 0 amide bonds. The van der Waals surface area contributed by atoms with Crippen LogP contribution in [0.4, 0.5) is 5.69 Å². The maximum atomic E-state index is 5.30. The van der Waals surface area contributed by atoms with Crippen molar-refractivity contribution < 1.29 is 4.74 Å². The second kappa shape index (κ2) is 6.10. The van der Waals surface area contributed by atoms with Gasteiger partial charge in [0.25, 0.3) is 0 Å². The second-order valence-corrected chi connectivity index (χ2v) is 6.64. The summed E-state index contributed by atoms with van der Waals surface area (Å²) in [6, 6.07) is 15.1. The molecule has 21 heavy (non-hydrogen) atoms. The first-order valence-electron chi connectivity index (χ1n) is 7.32. The molecule has 0 fully saturated rings. The zero-order chi connectivity index (χ0) is 14.8. The predicted octanol–water partition coefficient (Wildman–Crippen LogP) is 4.66. The Labute approximate surface area is 134 Å². The van der Waals surface area contributed by atoms with Crippen molar-refractivity contribution in [3.8, 4) is 5.75 Å². The molecule has 2 aromatic rings. The highest BCUT2D eigenvalue weighted by Gasteiger charge is 2.21. The number of benzene rings is 2. The Bertz CT molecular complexity index is 641. The van der Waals surface area contributed by atoms with E-state index < -0.39 is 0 Å². The summed E-state index contributed by atoms with van der Waals surface area (Å²) in [5, 5.41) is 0. The van der Waals surface area contributed by atoms with Crippen LogP contribution in [-0.2, 0) is 13.0 Å². The molecule has 0 spiro atoms. The minimum absolute atomic E-state index is 0.696. The Morgan fingerprint density at radius 2 is 2.05 bits per heavy atom. The number of fused-ring (bicyclic) bond motifs is 1. The van der Waals surface area contributed by atoms with Gasteiger partial charge in [-0.3, -0.25) is 0 Å². The fourth-order valence-electron chi connectivity index (χ4n) is 3.08. The van der Waals surface area contributed by atoms with Crippen LogP contribution in [0.5, 0.6) is 5.75 Å². The van der Waals surface area contributed by atoms with Gasteiger partial charge in [-0.2, -0.15) is 0 Å². The van der Waals surface area contributed by atoms with Gasteiger partial charge in [-0.15, -0.1) is 0 Å². The molecule has 1 heterocycles. The number of halogens is 1. The van der Waals surface area contributed by atoms with Crippen LogP contribution in [0.15, 0.2) is 46.9 Å². The van der Waals surface area contributed by atoms with Crippen molar-refractivity contribution in [1.29, 1.82) is 0 Å². The molecular weight excluding hydrogens is 326 g/mol. The van der Waals surface area contributed by atoms with Crippen LogP contribution in [0.1, 0.15) is 18.1 Å². The summed E-state index contributed by atoms with van der Waals surface area (Å²) >= 11 is 3.57. The van der Waals surface area contributed by atoms with Gasteiger partial charge in [0.2, 0.25) is 0 Å². The molecule has 0 saturated heterocycles. The second-order valence-electron chi connectivity index (χ2n) is 5.79. The lowest BCUT2D eigenvalue weighted by Crippen LogP contribution is -2.33. The van der Waals surface area contributed by atoms with Crippen LogP contribution in [0.3, 0.4) is 0 Å². The monoisotopic (exact) mass is 345 g/mol. The van der Waals surface area contributed by atoms with Crippen molar-refractivity contribution in [2.75, 3.05) is 18.6 Å². The predicted molar refractivity (Wildman–Crippen MR) is 91.1 cm³/mol. The average molecular weight is 346 g/mol. The lowest BCUT2D eigenvalue weighted by molar-refractivity contribution is 0.412. The smallest absolute Gasteiger partial charge is 0.133 e. The maximum Gasteiger partial charge on any atom is 0.133 e. The van der Waals surface area contributed by atoms with E-state index in [9.17, 15) is 0 Å². The number of ether oxygens (including phenoxy) is 1. The fourth-order valence-corrected chi connectivity index (χ4v) is 3.67. The zero-order valence-corrected chi connectivity index (χ0v) is 14.1. The van der Waals surface area contributed by atoms with Crippen molar-refractivity contribution in [3.05, 3.63) is 58.1 Å². The summed E-state index contributed by atoms with van der Waals surface area (Å²) in [4.78, 5) is 2.48. The molecule has 3 heteroatoms. The van der Waals surface area contributed by atoms with Gasteiger partial charge in [-0.25, -0.2) is 0 Å². The van der Waals surface area contributed by atoms with E-state index in [1.807, 2.05) is 6.07 Å². The van der Waals surface area contributed by atoms with Crippen LogP contribution in [0, 0.1) is 5.92 Å². The van der Waals surface area contributed by atoms with Crippen molar-refractivity contribution in [1.82, 2.24) is 0 Å². The number of hydrogen-bond donors (Lipinski definition) is 0. The number of methoxy groups -OCH3 is 1. The third-order valence-electron chi connectivity index (χ3n) is 4.02. The molecule has 0 bridgehead atoms. The van der Waals surface area contributed by atoms with Crippen LogP contribution in [-0.4, -0.2) is 13.7 Å². The maximum absolute atomic E-state index is 5.30. The Hall–Kier alpha value is -1.48. The van der Waals surface area contributed by atoms with Gasteiger partial charge >= 0.3 is 0 Å². The highest BCUT2D eigenvalue weighted by atomic mass is 79.9. The molecular formula is C18H20BrNO. The average Bonchev–Trinajstić information content (AvgIpc) is 2.47. The topological polar surface area (TPSA) is 12.5 Å². The molecule has 1 aliphatic heterocycles. The highest BCUT2D eigenvalue weighted by molar-refractivity contribution is 9.10. The van der Waals surface area contributed by atoms with Crippen molar-refractivity contribution in [3.63, 3.8) is 0 Å². The van der Waals surface area contributed by atoms with Gasteiger partial charge < -0.3 is 9.64 Å². The Morgan fingerprint density at radius 1 is 1.24 bits per heavy atom. The summed E-state index contributed by atoms with van der Waals surface area (Å²) in [5.74, 6) is 1.58. The third-order valence-corrected chi connectivity index (χ3v) is 4.64. The molecule has 1 unspecified atom stereocenters. The Kier molecular flexibility index (Phi) is 4.20. The van der Waals surface area contributed by atoms with Crippen LogP contribution < -0.4 is 9.64 Å². The van der Waals surface area contributed by atoms with Gasteiger partial charge in [0.1, 0.15) is 5.75 Å². The molecule has 1 aliphatic rings. The van der Waals surface area contributed by atoms with E-state index in [1.165, 1.54) is 23.2 Å². The van der Waals surface area contributed by atoms with Crippen LogP contribution in [0.25, 0.3) is 0 Å². The lowest BCUT2D eigenvalue weighted by Gasteiger charge is -2.35. The van der Waals surface area contributed by atoms with Gasteiger partial charge in [-0.1, -0.05) is 31.2 Å². The molecule has 3 rings (SSSR count). The molecule has 2 nitrogen and oxygen atoms in total. The zero-order valence-electron chi connectivity index (χ0n) is 12.5. The SMILES string of the molecule is COc1ccc(CN2CC(C)Cc3ccccc32)cc1Br. The normalized spacial score (nSPS) is 17.5. The summed E-state index contributed by atoms with van der Waals surface area (Å²) in [6.07, 6.45) is 1.18. The van der Waals surface area contributed by atoms with Crippen molar-refractivity contribution in [2.45, 2.75) is 19.9 Å². The first-order chi connectivity index (χ1) is 10.2. The lowest BCUT2D eigenvalue weighted by atomic mass is 9.93. The largest absolute Gasteiger partial charge is 0.496 e. The first-order valence-corrected chi connectivity index (χ1v) is 8.12. The van der Waals surface area contributed by atoms with E-state index in [1.54, 1.807) is 7.11 Å². The third kappa shape index (κ3) is 3.08. The van der Waals surface area contributed by atoms with Crippen molar-refractivity contribution >= 4 is 21.6 Å². The van der Waals surface area contributed by atoms with E-state index in [0.717, 1.165) is 23.3 Å². The number of anilines is 1. The molecule has 110 valence electrons. The molecule has 1 atom stereocenters. The summed E-state index contributed by atoms with van der Waals surface area (Å²) < 4.78 is 6.32. The summed E-state index contributed by atoms with van der Waals surface area (Å²) in [6.45, 7) is 4.37. The summed E-state index contributed by atoms with van der Waals surface area (Å²) in [5.41, 5.74) is 4.14. The van der Waals surface area contributed by atoms with Gasteiger partial charge in [0.15, 0.2) is 0 Å². The first kappa shape index (κ1) is 14.5. The van der Waals surface area contributed by atoms with E-state index >= 15 is 0 Å². The molecule has 0 radical (unpaired) electrons. The standard InChI is InChI=1S/C18H20BrNO/c1-13-9-15-5-3-4-6-17(15)20(11-13)12-14-7-8-18(21-2)16(19)10-14/h3-8,10,13H,9,11-12H2,1-2H3.